The number of carbonyl (C=O) groups excluding carboxylic acids is 1. The number of hydrogen-bond acceptors (Lipinski definition) is 4. The largest absolute Gasteiger partial charge is 0.396 e. The highest BCUT2D eigenvalue weighted by Crippen LogP contribution is 2.48. The van der Waals surface area contributed by atoms with Crippen molar-refractivity contribution in [1.82, 2.24) is 15.3 Å². The van der Waals surface area contributed by atoms with E-state index in [1.54, 1.807) is 24.3 Å². The van der Waals surface area contributed by atoms with E-state index in [9.17, 15) is 14.7 Å². The number of hydrogen-bond donors (Lipinski definition) is 3. The van der Waals surface area contributed by atoms with Crippen LogP contribution in [0.3, 0.4) is 0 Å². The summed E-state index contributed by atoms with van der Waals surface area (Å²) in [7, 11) is 0. The maximum Gasteiger partial charge on any atom is 0.287 e. The molecule has 23 heavy (non-hydrogen) atoms. The molecule has 1 amide bonds. The number of amides is 1. The number of rotatable bonds is 3. The van der Waals surface area contributed by atoms with Crippen molar-refractivity contribution in [2.45, 2.75) is 25.3 Å². The maximum atomic E-state index is 12.5. The fraction of sp³-hybridized carbons (Fsp3) is 0.471. The highest BCUT2D eigenvalue weighted by molar-refractivity contribution is 5.92. The van der Waals surface area contributed by atoms with Gasteiger partial charge < -0.3 is 15.4 Å². The number of para-hydroxylation sites is 1. The number of nitrogens with one attached hydrogen (secondary N) is 2. The topological polar surface area (TPSA) is 95.1 Å². The Morgan fingerprint density at radius 3 is 2.91 bits per heavy atom. The van der Waals surface area contributed by atoms with E-state index in [0.29, 0.717) is 22.7 Å². The molecule has 120 valence electrons. The van der Waals surface area contributed by atoms with E-state index in [4.69, 9.17) is 0 Å². The summed E-state index contributed by atoms with van der Waals surface area (Å²) in [6.45, 7) is 0.0911. The van der Waals surface area contributed by atoms with E-state index in [0.717, 1.165) is 19.3 Å². The molecule has 2 aliphatic carbocycles. The molecule has 0 spiro atoms. The van der Waals surface area contributed by atoms with Gasteiger partial charge in [0, 0.05) is 18.6 Å². The molecule has 2 saturated carbocycles. The summed E-state index contributed by atoms with van der Waals surface area (Å²) in [4.78, 5) is 31.4. The standard InChI is InChI=1S/C17H19N3O3/c21-8-12-9-5-6-10(7-9)14(12)19-17(23)15-18-13-4-2-1-3-11(13)16(22)20-15/h1-4,9-10,12,14,21H,5-8H2,(H,19,23)(H,18,20,22). The van der Waals surface area contributed by atoms with Crippen molar-refractivity contribution in [3.63, 3.8) is 0 Å². The smallest absolute Gasteiger partial charge is 0.287 e. The Morgan fingerprint density at radius 2 is 2.09 bits per heavy atom. The van der Waals surface area contributed by atoms with Gasteiger partial charge in [-0.3, -0.25) is 9.59 Å². The lowest BCUT2D eigenvalue weighted by atomic mass is 9.85. The van der Waals surface area contributed by atoms with Crippen LogP contribution in [0.1, 0.15) is 29.9 Å². The molecule has 0 aliphatic heterocycles. The molecule has 2 bridgehead atoms. The summed E-state index contributed by atoms with van der Waals surface area (Å²) in [6.07, 6.45) is 3.29. The predicted octanol–water partition coefficient (Wildman–Crippen LogP) is 1.06. The van der Waals surface area contributed by atoms with Gasteiger partial charge in [-0.05, 0) is 43.2 Å². The quantitative estimate of drug-likeness (QED) is 0.789. The summed E-state index contributed by atoms with van der Waals surface area (Å²) in [6, 6.07) is 6.92. The van der Waals surface area contributed by atoms with Crippen LogP contribution in [-0.2, 0) is 0 Å². The number of aromatic amines is 1. The first-order valence-corrected chi connectivity index (χ1v) is 8.08. The van der Waals surface area contributed by atoms with Crippen LogP contribution in [0.4, 0.5) is 0 Å². The molecule has 1 aromatic carbocycles. The Morgan fingerprint density at radius 1 is 1.30 bits per heavy atom. The predicted molar refractivity (Wildman–Crippen MR) is 85.0 cm³/mol. The van der Waals surface area contributed by atoms with Gasteiger partial charge in [-0.25, -0.2) is 4.98 Å². The third-order valence-electron chi connectivity index (χ3n) is 5.42. The first kappa shape index (κ1) is 14.4. The molecule has 6 nitrogen and oxygen atoms in total. The number of H-pyrrole nitrogens is 1. The molecule has 1 aromatic heterocycles. The van der Waals surface area contributed by atoms with Crippen LogP contribution in [0, 0.1) is 17.8 Å². The number of aromatic nitrogens is 2. The Hall–Kier alpha value is -2.21. The van der Waals surface area contributed by atoms with Crippen molar-refractivity contribution in [2.75, 3.05) is 6.61 Å². The van der Waals surface area contributed by atoms with Gasteiger partial charge in [0.2, 0.25) is 0 Å². The summed E-state index contributed by atoms with van der Waals surface area (Å²) in [5.74, 6) is 0.703. The number of aliphatic hydroxyl groups is 1. The third-order valence-corrected chi connectivity index (χ3v) is 5.42. The van der Waals surface area contributed by atoms with E-state index in [2.05, 4.69) is 15.3 Å². The van der Waals surface area contributed by atoms with Crippen LogP contribution in [-0.4, -0.2) is 33.6 Å². The molecule has 6 heteroatoms. The summed E-state index contributed by atoms with van der Waals surface area (Å²) in [5, 5.41) is 13.1. The summed E-state index contributed by atoms with van der Waals surface area (Å²) < 4.78 is 0. The second kappa shape index (κ2) is 5.45. The lowest BCUT2D eigenvalue weighted by Gasteiger charge is -2.30. The Balaban J connectivity index is 1.61. The molecule has 0 saturated heterocycles. The minimum absolute atomic E-state index is 0.0250. The molecule has 3 N–H and O–H groups in total. The average molecular weight is 313 g/mol. The number of carbonyl (C=O) groups is 1. The molecule has 2 aromatic rings. The van der Waals surface area contributed by atoms with Gasteiger partial charge in [0.25, 0.3) is 11.5 Å². The van der Waals surface area contributed by atoms with E-state index < -0.39 is 0 Å². The Labute approximate surface area is 132 Å². The molecule has 0 radical (unpaired) electrons. The van der Waals surface area contributed by atoms with Gasteiger partial charge >= 0.3 is 0 Å². The van der Waals surface area contributed by atoms with Gasteiger partial charge in [0.05, 0.1) is 10.9 Å². The number of nitrogens with zero attached hydrogens (tertiary/aromatic N) is 1. The van der Waals surface area contributed by atoms with Gasteiger partial charge in [-0.2, -0.15) is 0 Å². The van der Waals surface area contributed by atoms with Gasteiger partial charge in [-0.15, -0.1) is 0 Å². The highest BCUT2D eigenvalue weighted by atomic mass is 16.3. The normalized spacial score (nSPS) is 29.1. The number of benzene rings is 1. The van der Waals surface area contributed by atoms with Gasteiger partial charge in [-0.1, -0.05) is 12.1 Å². The lowest BCUT2D eigenvalue weighted by Crippen LogP contribution is -2.46. The maximum absolute atomic E-state index is 12.5. The fourth-order valence-corrected chi connectivity index (χ4v) is 4.31. The van der Waals surface area contributed by atoms with Crippen LogP contribution in [0.2, 0.25) is 0 Å². The summed E-state index contributed by atoms with van der Waals surface area (Å²) >= 11 is 0. The molecular weight excluding hydrogens is 294 g/mol. The molecule has 4 unspecified atom stereocenters. The van der Waals surface area contributed by atoms with Crippen molar-refractivity contribution in [2.24, 2.45) is 17.8 Å². The van der Waals surface area contributed by atoms with Crippen molar-refractivity contribution >= 4 is 16.8 Å². The van der Waals surface area contributed by atoms with E-state index >= 15 is 0 Å². The minimum Gasteiger partial charge on any atom is -0.396 e. The van der Waals surface area contributed by atoms with Gasteiger partial charge in [0.1, 0.15) is 0 Å². The van der Waals surface area contributed by atoms with Crippen LogP contribution >= 0.6 is 0 Å². The van der Waals surface area contributed by atoms with E-state index in [1.165, 1.54) is 0 Å². The molecule has 4 rings (SSSR count). The van der Waals surface area contributed by atoms with E-state index in [1.807, 2.05) is 0 Å². The first-order valence-electron chi connectivity index (χ1n) is 8.08. The van der Waals surface area contributed by atoms with Crippen molar-refractivity contribution in [3.05, 3.63) is 40.4 Å². The SMILES string of the molecule is O=C(NC1C2CCC(C2)C1CO)c1nc2ccccc2c(=O)[nH]1. The zero-order valence-electron chi connectivity index (χ0n) is 12.7. The molecule has 4 atom stereocenters. The zero-order valence-corrected chi connectivity index (χ0v) is 12.7. The minimum atomic E-state index is -0.371. The number of aliphatic hydroxyl groups excluding tert-OH is 1. The highest BCUT2D eigenvalue weighted by Gasteiger charge is 2.47. The summed E-state index contributed by atoms with van der Waals surface area (Å²) in [5.41, 5.74) is 0.195. The van der Waals surface area contributed by atoms with Gasteiger partial charge in [0.15, 0.2) is 5.82 Å². The monoisotopic (exact) mass is 313 g/mol. The van der Waals surface area contributed by atoms with Crippen LogP contribution in [0.25, 0.3) is 10.9 Å². The zero-order chi connectivity index (χ0) is 16.0. The van der Waals surface area contributed by atoms with Crippen LogP contribution in [0.15, 0.2) is 29.1 Å². The van der Waals surface area contributed by atoms with Crippen LogP contribution in [0.5, 0.6) is 0 Å². The molecule has 2 aliphatic rings. The van der Waals surface area contributed by atoms with Crippen molar-refractivity contribution in [3.8, 4) is 0 Å². The van der Waals surface area contributed by atoms with Crippen molar-refractivity contribution in [1.29, 1.82) is 0 Å². The Bertz CT molecular complexity index is 816. The fourth-order valence-electron chi connectivity index (χ4n) is 4.31. The second-order valence-electron chi connectivity index (χ2n) is 6.61. The molecular formula is C17H19N3O3. The number of fused-ring (bicyclic) bond motifs is 3. The van der Waals surface area contributed by atoms with Crippen LogP contribution < -0.4 is 10.9 Å². The first-order chi connectivity index (χ1) is 11.2. The lowest BCUT2D eigenvalue weighted by molar-refractivity contribution is 0.0851. The Kier molecular flexibility index (Phi) is 3.41. The average Bonchev–Trinajstić information content (AvgIpc) is 3.16. The van der Waals surface area contributed by atoms with E-state index in [-0.39, 0.29) is 35.9 Å². The molecule has 2 fully saturated rings. The second-order valence-corrected chi connectivity index (χ2v) is 6.61. The molecule has 1 heterocycles. The van der Waals surface area contributed by atoms with Crippen molar-refractivity contribution < 1.29 is 9.90 Å². The third kappa shape index (κ3) is 2.34.